The summed E-state index contributed by atoms with van der Waals surface area (Å²) in [5.41, 5.74) is 3.97. The van der Waals surface area contributed by atoms with Gasteiger partial charge in [0.05, 0.1) is 21.3 Å². The molecule has 1 aliphatic heterocycles. The van der Waals surface area contributed by atoms with Gasteiger partial charge in [-0.2, -0.15) is 0 Å². The summed E-state index contributed by atoms with van der Waals surface area (Å²) in [5.74, 6) is 3.16. The Morgan fingerprint density at radius 2 is 1.71 bits per heavy atom. The van der Waals surface area contributed by atoms with Crippen molar-refractivity contribution in [2.75, 3.05) is 34.5 Å². The number of fused-ring (bicyclic) bond motifs is 1. The predicted molar refractivity (Wildman–Crippen MR) is 119 cm³/mol. The molecule has 6 heteroatoms. The highest BCUT2D eigenvalue weighted by Gasteiger charge is 2.21. The number of nitrogens with zero attached hydrogens (tertiary/aromatic N) is 1. The lowest BCUT2D eigenvalue weighted by Gasteiger charge is -2.20. The molecule has 0 amide bonds. The van der Waals surface area contributed by atoms with Gasteiger partial charge in [-0.05, 0) is 41.5 Å². The Balaban J connectivity index is 1.65. The third-order valence-electron chi connectivity index (χ3n) is 5.49. The van der Waals surface area contributed by atoms with E-state index in [1.54, 1.807) is 27.4 Å². The standard InChI is InChI=1S/C25H27NO5/c1-28-21-6-4-5-17(12-21)19-11-20-16-26(9-10-31-25(20)24(13-19)30-3)15-18-7-8-22(29-2)14-23(18)27/h4-8,11-14,27H,9-10,15-16H2,1-3H3. The van der Waals surface area contributed by atoms with Crippen LogP contribution in [0.1, 0.15) is 11.1 Å². The van der Waals surface area contributed by atoms with E-state index < -0.39 is 0 Å². The van der Waals surface area contributed by atoms with E-state index in [1.807, 2.05) is 36.4 Å². The van der Waals surface area contributed by atoms with Gasteiger partial charge in [0, 0.05) is 36.8 Å². The molecule has 4 rings (SSSR count). The second-order valence-electron chi connectivity index (χ2n) is 7.45. The molecule has 0 atom stereocenters. The second-order valence-corrected chi connectivity index (χ2v) is 7.45. The van der Waals surface area contributed by atoms with Crippen LogP contribution in [0.2, 0.25) is 0 Å². The van der Waals surface area contributed by atoms with Crippen molar-refractivity contribution < 1.29 is 24.1 Å². The van der Waals surface area contributed by atoms with Crippen molar-refractivity contribution in [2.24, 2.45) is 0 Å². The van der Waals surface area contributed by atoms with Crippen molar-refractivity contribution >= 4 is 0 Å². The number of phenols is 1. The normalized spacial score (nSPS) is 13.6. The molecule has 3 aromatic rings. The second kappa shape index (κ2) is 9.18. The molecule has 1 N–H and O–H groups in total. The molecule has 0 saturated heterocycles. The number of ether oxygens (including phenoxy) is 4. The zero-order valence-corrected chi connectivity index (χ0v) is 18.1. The van der Waals surface area contributed by atoms with Gasteiger partial charge in [0.2, 0.25) is 0 Å². The molecular weight excluding hydrogens is 394 g/mol. The average molecular weight is 421 g/mol. The van der Waals surface area contributed by atoms with E-state index in [0.29, 0.717) is 31.2 Å². The first kappa shape index (κ1) is 20.9. The number of rotatable bonds is 6. The Morgan fingerprint density at radius 3 is 2.45 bits per heavy atom. The Morgan fingerprint density at radius 1 is 0.903 bits per heavy atom. The van der Waals surface area contributed by atoms with Crippen LogP contribution in [0.5, 0.6) is 28.7 Å². The topological polar surface area (TPSA) is 60.4 Å². The van der Waals surface area contributed by atoms with Crippen LogP contribution in [0.3, 0.4) is 0 Å². The first-order valence-electron chi connectivity index (χ1n) is 10.2. The SMILES string of the molecule is COc1cccc(-c2cc3c(c(OC)c2)OCCN(Cc2ccc(OC)cc2O)C3)c1. The number of aromatic hydroxyl groups is 1. The third-order valence-corrected chi connectivity index (χ3v) is 5.49. The van der Waals surface area contributed by atoms with Crippen molar-refractivity contribution in [3.8, 4) is 39.9 Å². The van der Waals surface area contributed by atoms with E-state index in [-0.39, 0.29) is 5.75 Å². The molecule has 6 nitrogen and oxygen atoms in total. The lowest BCUT2D eigenvalue weighted by Crippen LogP contribution is -2.25. The minimum atomic E-state index is 0.229. The maximum absolute atomic E-state index is 10.4. The van der Waals surface area contributed by atoms with Crippen LogP contribution < -0.4 is 18.9 Å². The molecule has 0 aliphatic carbocycles. The fourth-order valence-corrected chi connectivity index (χ4v) is 3.84. The molecule has 1 aliphatic rings. The van der Waals surface area contributed by atoms with Crippen molar-refractivity contribution in [2.45, 2.75) is 13.1 Å². The van der Waals surface area contributed by atoms with Crippen molar-refractivity contribution in [1.29, 1.82) is 0 Å². The first-order chi connectivity index (χ1) is 15.1. The molecule has 162 valence electrons. The van der Waals surface area contributed by atoms with Crippen LogP contribution in [-0.2, 0) is 13.1 Å². The summed E-state index contributed by atoms with van der Waals surface area (Å²) < 4.78 is 22.3. The lowest BCUT2D eigenvalue weighted by atomic mass is 10.0. The Bertz CT molecular complexity index is 1070. The number of benzene rings is 3. The number of phenolic OH excluding ortho intramolecular Hbond substituents is 1. The van der Waals surface area contributed by atoms with Crippen LogP contribution in [0.25, 0.3) is 11.1 Å². The Labute approximate surface area is 182 Å². The monoisotopic (exact) mass is 421 g/mol. The Hall–Kier alpha value is -3.38. The van der Waals surface area contributed by atoms with Gasteiger partial charge < -0.3 is 24.1 Å². The number of hydrogen-bond acceptors (Lipinski definition) is 6. The summed E-state index contributed by atoms with van der Waals surface area (Å²) >= 11 is 0. The summed E-state index contributed by atoms with van der Waals surface area (Å²) in [6.07, 6.45) is 0. The molecule has 0 unspecified atom stereocenters. The molecule has 3 aromatic carbocycles. The number of hydrogen-bond donors (Lipinski definition) is 1. The average Bonchev–Trinajstić information content (AvgIpc) is 3.01. The van der Waals surface area contributed by atoms with Crippen LogP contribution >= 0.6 is 0 Å². The molecule has 0 aromatic heterocycles. The molecule has 0 radical (unpaired) electrons. The maximum atomic E-state index is 10.4. The molecule has 0 spiro atoms. The fourth-order valence-electron chi connectivity index (χ4n) is 3.84. The number of methoxy groups -OCH3 is 3. The van der Waals surface area contributed by atoms with E-state index in [9.17, 15) is 5.11 Å². The molecule has 0 saturated carbocycles. The maximum Gasteiger partial charge on any atom is 0.165 e. The highest BCUT2D eigenvalue weighted by atomic mass is 16.5. The van der Waals surface area contributed by atoms with Crippen LogP contribution in [0.4, 0.5) is 0 Å². The molecule has 0 fully saturated rings. The zero-order chi connectivity index (χ0) is 21.8. The summed E-state index contributed by atoms with van der Waals surface area (Å²) in [7, 11) is 4.91. The van der Waals surface area contributed by atoms with E-state index in [0.717, 1.165) is 40.3 Å². The minimum absolute atomic E-state index is 0.229. The van der Waals surface area contributed by atoms with Crippen molar-refractivity contribution in [3.05, 3.63) is 65.7 Å². The molecule has 31 heavy (non-hydrogen) atoms. The van der Waals surface area contributed by atoms with E-state index in [1.165, 1.54) is 0 Å². The van der Waals surface area contributed by atoms with E-state index in [2.05, 4.69) is 17.0 Å². The fraction of sp³-hybridized carbons (Fsp3) is 0.280. The van der Waals surface area contributed by atoms with Gasteiger partial charge in [-0.15, -0.1) is 0 Å². The summed E-state index contributed by atoms with van der Waals surface area (Å²) in [4.78, 5) is 2.25. The van der Waals surface area contributed by atoms with E-state index in [4.69, 9.17) is 18.9 Å². The van der Waals surface area contributed by atoms with Gasteiger partial charge in [0.1, 0.15) is 23.9 Å². The van der Waals surface area contributed by atoms with E-state index >= 15 is 0 Å². The lowest BCUT2D eigenvalue weighted by molar-refractivity contribution is 0.215. The van der Waals surface area contributed by atoms with Crippen LogP contribution in [0.15, 0.2) is 54.6 Å². The van der Waals surface area contributed by atoms with Gasteiger partial charge in [-0.25, -0.2) is 0 Å². The van der Waals surface area contributed by atoms with Crippen molar-refractivity contribution in [1.82, 2.24) is 4.90 Å². The Kier molecular flexibility index (Phi) is 6.18. The van der Waals surface area contributed by atoms with Crippen LogP contribution in [0, 0.1) is 0 Å². The molecular formula is C25H27NO5. The highest BCUT2D eigenvalue weighted by Crippen LogP contribution is 2.39. The summed E-state index contributed by atoms with van der Waals surface area (Å²) in [6.45, 7) is 2.55. The first-order valence-corrected chi connectivity index (χ1v) is 10.2. The molecule has 1 heterocycles. The largest absolute Gasteiger partial charge is 0.507 e. The smallest absolute Gasteiger partial charge is 0.165 e. The van der Waals surface area contributed by atoms with Gasteiger partial charge in [-0.3, -0.25) is 4.90 Å². The van der Waals surface area contributed by atoms with Gasteiger partial charge in [-0.1, -0.05) is 18.2 Å². The van der Waals surface area contributed by atoms with Gasteiger partial charge in [0.15, 0.2) is 11.5 Å². The van der Waals surface area contributed by atoms with Gasteiger partial charge >= 0.3 is 0 Å². The van der Waals surface area contributed by atoms with Crippen LogP contribution in [-0.4, -0.2) is 44.5 Å². The predicted octanol–water partition coefficient (Wildman–Crippen LogP) is 4.48. The highest BCUT2D eigenvalue weighted by molar-refractivity contribution is 5.70. The van der Waals surface area contributed by atoms with Gasteiger partial charge in [0.25, 0.3) is 0 Å². The third kappa shape index (κ3) is 4.54. The summed E-state index contributed by atoms with van der Waals surface area (Å²) in [5, 5.41) is 10.4. The van der Waals surface area contributed by atoms with Crippen molar-refractivity contribution in [3.63, 3.8) is 0 Å². The molecule has 0 bridgehead atoms. The minimum Gasteiger partial charge on any atom is -0.507 e. The quantitative estimate of drug-likeness (QED) is 0.633. The zero-order valence-electron chi connectivity index (χ0n) is 18.1. The summed E-state index contributed by atoms with van der Waals surface area (Å²) in [6, 6.07) is 17.5.